The molecule has 2 aromatic rings. The van der Waals surface area contributed by atoms with Gasteiger partial charge in [-0.3, -0.25) is 4.79 Å². The first-order valence-corrected chi connectivity index (χ1v) is 7.28. The van der Waals surface area contributed by atoms with Gasteiger partial charge >= 0.3 is 0 Å². The van der Waals surface area contributed by atoms with Gasteiger partial charge < -0.3 is 16.0 Å². The van der Waals surface area contributed by atoms with Gasteiger partial charge in [0.2, 0.25) is 11.9 Å². The summed E-state index contributed by atoms with van der Waals surface area (Å²) in [6.07, 6.45) is 3.40. The quantitative estimate of drug-likeness (QED) is 0.895. The van der Waals surface area contributed by atoms with E-state index in [9.17, 15) is 4.79 Å². The molecule has 1 fully saturated rings. The molecule has 1 aliphatic rings. The minimum atomic E-state index is 0.107. The van der Waals surface area contributed by atoms with Crippen molar-refractivity contribution < 1.29 is 4.79 Å². The number of amides is 1. The SMILES string of the molecule is Nc1nc(NCC(=O)N2CCCCC2)c2ccccc2n1. The van der Waals surface area contributed by atoms with Gasteiger partial charge in [-0.2, -0.15) is 4.98 Å². The molecule has 0 radical (unpaired) electrons. The number of benzene rings is 1. The van der Waals surface area contributed by atoms with Gasteiger partial charge in [0.05, 0.1) is 12.1 Å². The Morgan fingerprint density at radius 2 is 1.95 bits per heavy atom. The van der Waals surface area contributed by atoms with Crippen LogP contribution < -0.4 is 11.1 Å². The number of nitrogens with one attached hydrogen (secondary N) is 1. The Morgan fingerprint density at radius 1 is 1.19 bits per heavy atom. The maximum Gasteiger partial charge on any atom is 0.241 e. The second-order valence-corrected chi connectivity index (χ2v) is 5.24. The van der Waals surface area contributed by atoms with Crippen molar-refractivity contribution in [3.63, 3.8) is 0 Å². The van der Waals surface area contributed by atoms with Crippen molar-refractivity contribution in [1.82, 2.24) is 14.9 Å². The largest absolute Gasteiger partial charge is 0.368 e. The van der Waals surface area contributed by atoms with E-state index in [4.69, 9.17) is 5.73 Å². The minimum absolute atomic E-state index is 0.107. The predicted molar refractivity (Wildman–Crippen MR) is 82.9 cm³/mol. The van der Waals surface area contributed by atoms with Crippen molar-refractivity contribution in [2.24, 2.45) is 0 Å². The first-order chi connectivity index (χ1) is 10.2. The summed E-state index contributed by atoms with van der Waals surface area (Å²) < 4.78 is 0. The highest BCUT2D eigenvalue weighted by atomic mass is 16.2. The van der Waals surface area contributed by atoms with E-state index in [2.05, 4.69) is 15.3 Å². The van der Waals surface area contributed by atoms with E-state index < -0.39 is 0 Å². The molecule has 3 rings (SSSR count). The molecule has 1 saturated heterocycles. The number of aromatic nitrogens is 2. The molecule has 2 heterocycles. The van der Waals surface area contributed by atoms with Crippen LogP contribution in [-0.2, 0) is 4.79 Å². The number of piperidine rings is 1. The molecule has 110 valence electrons. The molecule has 0 bridgehead atoms. The number of anilines is 2. The van der Waals surface area contributed by atoms with Crippen LogP contribution in [0.3, 0.4) is 0 Å². The summed E-state index contributed by atoms with van der Waals surface area (Å²) in [7, 11) is 0. The number of likely N-dealkylation sites (tertiary alicyclic amines) is 1. The van der Waals surface area contributed by atoms with Gasteiger partial charge in [0.15, 0.2) is 0 Å². The Morgan fingerprint density at radius 3 is 2.76 bits per heavy atom. The molecule has 1 aromatic carbocycles. The average Bonchev–Trinajstić information content (AvgIpc) is 2.53. The zero-order chi connectivity index (χ0) is 14.7. The van der Waals surface area contributed by atoms with Crippen molar-refractivity contribution in [3.05, 3.63) is 24.3 Å². The van der Waals surface area contributed by atoms with Gasteiger partial charge in [-0.25, -0.2) is 4.98 Å². The Kier molecular flexibility index (Phi) is 3.85. The zero-order valence-electron chi connectivity index (χ0n) is 11.9. The van der Waals surface area contributed by atoms with Crippen LogP contribution >= 0.6 is 0 Å². The van der Waals surface area contributed by atoms with Gasteiger partial charge in [0, 0.05) is 18.5 Å². The standard InChI is InChI=1S/C15H19N5O/c16-15-18-12-7-3-2-6-11(12)14(19-15)17-10-13(21)20-8-4-1-5-9-20/h2-3,6-7H,1,4-5,8-10H2,(H3,16,17,18,19). The van der Waals surface area contributed by atoms with Gasteiger partial charge in [0.25, 0.3) is 0 Å². The molecule has 1 aromatic heterocycles. The monoisotopic (exact) mass is 285 g/mol. The molecule has 1 amide bonds. The fourth-order valence-electron chi connectivity index (χ4n) is 2.64. The molecule has 1 aliphatic heterocycles. The molecular weight excluding hydrogens is 266 g/mol. The van der Waals surface area contributed by atoms with Crippen LogP contribution in [0.5, 0.6) is 0 Å². The Hall–Kier alpha value is -2.37. The minimum Gasteiger partial charge on any atom is -0.368 e. The second kappa shape index (κ2) is 5.95. The maximum absolute atomic E-state index is 12.2. The van der Waals surface area contributed by atoms with Crippen molar-refractivity contribution in [2.75, 3.05) is 30.7 Å². The molecule has 3 N–H and O–H groups in total. The lowest BCUT2D eigenvalue weighted by Crippen LogP contribution is -2.39. The van der Waals surface area contributed by atoms with Crippen LogP contribution in [0.25, 0.3) is 10.9 Å². The average molecular weight is 285 g/mol. The summed E-state index contributed by atoms with van der Waals surface area (Å²) >= 11 is 0. The van der Waals surface area contributed by atoms with Gasteiger partial charge in [-0.15, -0.1) is 0 Å². The fraction of sp³-hybridized carbons (Fsp3) is 0.400. The smallest absolute Gasteiger partial charge is 0.241 e. The van der Waals surface area contributed by atoms with Gasteiger partial charge in [-0.1, -0.05) is 12.1 Å². The number of rotatable bonds is 3. The van der Waals surface area contributed by atoms with Crippen LogP contribution in [0.4, 0.5) is 11.8 Å². The normalized spacial score (nSPS) is 15.1. The van der Waals surface area contributed by atoms with Crippen molar-refractivity contribution in [1.29, 1.82) is 0 Å². The number of carbonyl (C=O) groups is 1. The number of hydrogen-bond donors (Lipinski definition) is 2. The number of nitrogen functional groups attached to an aromatic ring is 1. The number of nitrogens with zero attached hydrogens (tertiary/aromatic N) is 3. The lowest BCUT2D eigenvalue weighted by Gasteiger charge is -2.26. The molecule has 0 atom stereocenters. The van der Waals surface area contributed by atoms with Gasteiger partial charge in [0.1, 0.15) is 5.82 Å². The van der Waals surface area contributed by atoms with Crippen LogP contribution in [0.15, 0.2) is 24.3 Å². The molecule has 0 unspecified atom stereocenters. The first-order valence-electron chi connectivity index (χ1n) is 7.28. The molecular formula is C15H19N5O. The van der Waals surface area contributed by atoms with E-state index >= 15 is 0 Å². The Labute approximate surface area is 123 Å². The highest BCUT2D eigenvalue weighted by Gasteiger charge is 2.16. The van der Waals surface area contributed by atoms with E-state index in [1.807, 2.05) is 29.2 Å². The number of carbonyl (C=O) groups excluding carboxylic acids is 1. The lowest BCUT2D eigenvalue weighted by molar-refractivity contribution is -0.130. The highest BCUT2D eigenvalue weighted by molar-refractivity contribution is 5.91. The number of nitrogens with two attached hydrogens (primary N) is 1. The predicted octanol–water partition coefficient (Wildman–Crippen LogP) is 1.64. The highest BCUT2D eigenvalue weighted by Crippen LogP contribution is 2.20. The number of para-hydroxylation sites is 1. The van der Waals surface area contributed by atoms with Crippen LogP contribution in [-0.4, -0.2) is 40.4 Å². The first kappa shape index (κ1) is 13.6. The van der Waals surface area contributed by atoms with E-state index in [0.29, 0.717) is 5.82 Å². The summed E-state index contributed by atoms with van der Waals surface area (Å²) in [5.41, 5.74) is 6.49. The second-order valence-electron chi connectivity index (χ2n) is 5.24. The van der Waals surface area contributed by atoms with E-state index in [-0.39, 0.29) is 18.4 Å². The lowest BCUT2D eigenvalue weighted by atomic mass is 10.1. The topological polar surface area (TPSA) is 84.1 Å². The summed E-state index contributed by atoms with van der Waals surface area (Å²) in [6.45, 7) is 1.95. The molecule has 0 spiro atoms. The molecule has 6 nitrogen and oxygen atoms in total. The Balaban J connectivity index is 1.74. The van der Waals surface area contributed by atoms with Crippen LogP contribution in [0.1, 0.15) is 19.3 Å². The fourth-order valence-corrected chi connectivity index (χ4v) is 2.64. The van der Waals surface area contributed by atoms with Crippen molar-refractivity contribution >= 4 is 28.6 Å². The summed E-state index contributed by atoms with van der Waals surface area (Å²) in [4.78, 5) is 22.5. The van der Waals surface area contributed by atoms with E-state index in [0.717, 1.165) is 36.8 Å². The molecule has 0 saturated carbocycles. The van der Waals surface area contributed by atoms with Crippen molar-refractivity contribution in [2.45, 2.75) is 19.3 Å². The molecule has 21 heavy (non-hydrogen) atoms. The third-order valence-corrected chi connectivity index (χ3v) is 3.74. The third kappa shape index (κ3) is 3.04. The van der Waals surface area contributed by atoms with E-state index in [1.54, 1.807) is 0 Å². The van der Waals surface area contributed by atoms with Crippen molar-refractivity contribution in [3.8, 4) is 0 Å². The Bertz CT molecular complexity index is 652. The van der Waals surface area contributed by atoms with E-state index in [1.165, 1.54) is 6.42 Å². The molecule has 0 aliphatic carbocycles. The number of hydrogen-bond acceptors (Lipinski definition) is 5. The zero-order valence-corrected chi connectivity index (χ0v) is 11.9. The summed E-state index contributed by atoms with van der Waals surface area (Å²) in [6, 6.07) is 7.62. The van der Waals surface area contributed by atoms with Crippen LogP contribution in [0.2, 0.25) is 0 Å². The summed E-state index contributed by atoms with van der Waals surface area (Å²) in [5, 5.41) is 3.98. The molecule has 6 heteroatoms. The maximum atomic E-state index is 12.2. The third-order valence-electron chi connectivity index (χ3n) is 3.74. The summed E-state index contributed by atoms with van der Waals surface area (Å²) in [5.74, 6) is 0.932. The van der Waals surface area contributed by atoms with Crippen LogP contribution in [0, 0.1) is 0 Å². The number of fused-ring (bicyclic) bond motifs is 1. The van der Waals surface area contributed by atoms with Gasteiger partial charge in [-0.05, 0) is 31.4 Å².